The van der Waals surface area contributed by atoms with Crippen molar-refractivity contribution in [1.82, 2.24) is 9.36 Å². The first kappa shape index (κ1) is 14.3. The lowest BCUT2D eigenvalue weighted by molar-refractivity contribution is 0.181. The van der Waals surface area contributed by atoms with E-state index in [9.17, 15) is 0 Å². The molecule has 1 heterocycles. The highest BCUT2D eigenvalue weighted by Crippen LogP contribution is 2.24. The highest BCUT2D eigenvalue weighted by Gasteiger charge is 2.21. The number of rotatable bonds is 5. The Bertz CT molecular complexity index is 347. The van der Waals surface area contributed by atoms with Gasteiger partial charge in [0.2, 0.25) is 5.13 Å². The SMILES string of the molecule is COCC(N)CN(C)c1nc(C(C)(C)C)ns1. The number of likely N-dealkylation sites (N-methyl/N-ethyl adjacent to an activating group) is 1. The zero-order valence-corrected chi connectivity index (χ0v) is 12.0. The zero-order valence-electron chi connectivity index (χ0n) is 11.2. The summed E-state index contributed by atoms with van der Waals surface area (Å²) in [5.41, 5.74) is 5.90. The second-order valence-corrected chi connectivity index (χ2v) is 5.98. The molecule has 0 aromatic carbocycles. The molecule has 0 fully saturated rings. The van der Waals surface area contributed by atoms with Crippen molar-refractivity contribution < 1.29 is 4.74 Å². The molecule has 1 rings (SSSR count). The van der Waals surface area contributed by atoms with Crippen LogP contribution in [0.1, 0.15) is 26.6 Å². The highest BCUT2D eigenvalue weighted by atomic mass is 32.1. The van der Waals surface area contributed by atoms with E-state index >= 15 is 0 Å². The molecule has 5 nitrogen and oxygen atoms in total. The van der Waals surface area contributed by atoms with Gasteiger partial charge in [-0.1, -0.05) is 20.8 Å². The molecule has 1 aromatic heterocycles. The van der Waals surface area contributed by atoms with Crippen LogP contribution in [-0.2, 0) is 10.2 Å². The molecule has 1 atom stereocenters. The second kappa shape index (κ2) is 5.75. The van der Waals surface area contributed by atoms with E-state index in [-0.39, 0.29) is 11.5 Å². The summed E-state index contributed by atoms with van der Waals surface area (Å²) in [6.45, 7) is 7.59. The summed E-state index contributed by atoms with van der Waals surface area (Å²) in [7, 11) is 3.63. The van der Waals surface area contributed by atoms with Crippen molar-refractivity contribution in [2.24, 2.45) is 5.73 Å². The summed E-state index contributed by atoms with van der Waals surface area (Å²) in [4.78, 5) is 6.56. The first-order valence-corrected chi connectivity index (χ1v) is 6.41. The van der Waals surface area contributed by atoms with E-state index in [1.807, 2.05) is 11.9 Å². The van der Waals surface area contributed by atoms with E-state index < -0.39 is 0 Å². The molecule has 1 unspecified atom stereocenters. The maximum Gasteiger partial charge on any atom is 0.205 e. The molecule has 0 aliphatic heterocycles. The van der Waals surface area contributed by atoms with Crippen LogP contribution < -0.4 is 10.6 Å². The first-order valence-electron chi connectivity index (χ1n) is 5.64. The Labute approximate surface area is 107 Å². The van der Waals surface area contributed by atoms with Crippen LogP contribution in [0.3, 0.4) is 0 Å². The topological polar surface area (TPSA) is 64.3 Å². The van der Waals surface area contributed by atoms with Gasteiger partial charge in [-0.25, -0.2) is 4.98 Å². The number of nitrogens with two attached hydrogens (primary N) is 1. The van der Waals surface area contributed by atoms with E-state index in [0.717, 1.165) is 11.0 Å². The predicted octanol–water partition coefficient (Wildman–Crippen LogP) is 1.25. The number of aromatic nitrogens is 2. The summed E-state index contributed by atoms with van der Waals surface area (Å²) in [6, 6.07) is -0.00742. The molecule has 0 amide bonds. The molecular formula is C11H22N4OS. The van der Waals surface area contributed by atoms with Gasteiger partial charge in [-0.2, -0.15) is 4.37 Å². The van der Waals surface area contributed by atoms with Crippen molar-refractivity contribution in [3.8, 4) is 0 Å². The van der Waals surface area contributed by atoms with Gasteiger partial charge in [0.25, 0.3) is 0 Å². The molecule has 0 saturated heterocycles. The van der Waals surface area contributed by atoms with Crippen molar-refractivity contribution in [2.45, 2.75) is 32.2 Å². The highest BCUT2D eigenvalue weighted by molar-refractivity contribution is 7.09. The first-order chi connectivity index (χ1) is 7.84. The lowest BCUT2D eigenvalue weighted by atomic mass is 9.96. The van der Waals surface area contributed by atoms with E-state index in [1.54, 1.807) is 7.11 Å². The van der Waals surface area contributed by atoms with Gasteiger partial charge in [0.1, 0.15) is 5.82 Å². The van der Waals surface area contributed by atoms with Crippen LogP contribution in [-0.4, -0.2) is 42.7 Å². The smallest absolute Gasteiger partial charge is 0.205 e. The van der Waals surface area contributed by atoms with E-state index in [2.05, 4.69) is 30.1 Å². The van der Waals surface area contributed by atoms with Gasteiger partial charge >= 0.3 is 0 Å². The Balaban J connectivity index is 2.64. The van der Waals surface area contributed by atoms with Crippen molar-refractivity contribution >= 4 is 16.7 Å². The molecule has 0 aliphatic rings. The van der Waals surface area contributed by atoms with Crippen LogP contribution in [0.15, 0.2) is 0 Å². The fourth-order valence-corrected chi connectivity index (χ4v) is 2.20. The average molecular weight is 258 g/mol. The molecule has 0 saturated carbocycles. The minimum absolute atomic E-state index is 0.00742. The summed E-state index contributed by atoms with van der Waals surface area (Å²) >= 11 is 1.41. The van der Waals surface area contributed by atoms with Crippen LogP contribution in [0, 0.1) is 0 Å². The zero-order chi connectivity index (χ0) is 13.1. The number of methoxy groups -OCH3 is 1. The standard InChI is InChI=1S/C11H22N4OS/c1-11(2,3)9-13-10(17-14-9)15(4)6-8(12)7-16-5/h8H,6-7,12H2,1-5H3. The van der Waals surface area contributed by atoms with Crippen LogP contribution in [0.25, 0.3) is 0 Å². The number of ether oxygens (including phenoxy) is 1. The Hall–Kier alpha value is -0.720. The third-order valence-electron chi connectivity index (χ3n) is 2.30. The number of hydrogen-bond donors (Lipinski definition) is 1. The third kappa shape index (κ3) is 4.22. The van der Waals surface area contributed by atoms with Gasteiger partial charge in [0.15, 0.2) is 0 Å². The molecular weight excluding hydrogens is 236 g/mol. The monoisotopic (exact) mass is 258 g/mol. The van der Waals surface area contributed by atoms with Gasteiger partial charge < -0.3 is 15.4 Å². The fraction of sp³-hybridized carbons (Fsp3) is 0.818. The fourth-order valence-electron chi connectivity index (χ4n) is 1.37. The van der Waals surface area contributed by atoms with Crippen molar-refractivity contribution in [1.29, 1.82) is 0 Å². The predicted molar refractivity (Wildman–Crippen MR) is 71.7 cm³/mol. The molecule has 98 valence electrons. The third-order valence-corrected chi connectivity index (χ3v) is 3.13. The van der Waals surface area contributed by atoms with Gasteiger partial charge in [-0.15, -0.1) is 0 Å². The molecule has 17 heavy (non-hydrogen) atoms. The largest absolute Gasteiger partial charge is 0.383 e. The van der Waals surface area contributed by atoms with Gasteiger partial charge in [0.05, 0.1) is 6.61 Å². The molecule has 1 aromatic rings. The van der Waals surface area contributed by atoms with E-state index in [1.165, 1.54) is 11.5 Å². The lowest BCUT2D eigenvalue weighted by Gasteiger charge is -2.20. The minimum atomic E-state index is -0.00969. The number of nitrogens with zero attached hydrogens (tertiary/aromatic N) is 3. The summed E-state index contributed by atoms with van der Waals surface area (Å²) in [6.07, 6.45) is 0. The summed E-state index contributed by atoms with van der Waals surface area (Å²) in [5, 5.41) is 0.904. The molecule has 2 N–H and O–H groups in total. The van der Waals surface area contributed by atoms with Crippen LogP contribution in [0.2, 0.25) is 0 Å². The van der Waals surface area contributed by atoms with Crippen LogP contribution >= 0.6 is 11.5 Å². The number of anilines is 1. The normalized spacial score (nSPS) is 13.8. The quantitative estimate of drug-likeness (QED) is 0.861. The Morgan fingerprint density at radius 2 is 2.12 bits per heavy atom. The Kier molecular flexibility index (Phi) is 4.85. The Morgan fingerprint density at radius 1 is 1.47 bits per heavy atom. The lowest BCUT2D eigenvalue weighted by Crippen LogP contribution is -2.38. The summed E-state index contributed by atoms with van der Waals surface area (Å²) < 4.78 is 9.39. The molecule has 0 bridgehead atoms. The Morgan fingerprint density at radius 3 is 2.59 bits per heavy atom. The maximum absolute atomic E-state index is 5.90. The minimum Gasteiger partial charge on any atom is -0.383 e. The molecule has 0 radical (unpaired) electrons. The van der Waals surface area contributed by atoms with Crippen LogP contribution in [0.5, 0.6) is 0 Å². The van der Waals surface area contributed by atoms with Crippen LogP contribution in [0.4, 0.5) is 5.13 Å². The van der Waals surface area contributed by atoms with Gasteiger partial charge in [0, 0.05) is 43.7 Å². The maximum atomic E-state index is 5.90. The molecule has 0 aliphatic carbocycles. The van der Waals surface area contributed by atoms with Crippen molar-refractivity contribution in [3.63, 3.8) is 0 Å². The van der Waals surface area contributed by atoms with Crippen molar-refractivity contribution in [3.05, 3.63) is 5.82 Å². The van der Waals surface area contributed by atoms with Crippen molar-refractivity contribution in [2.75, 3.05) is 32.2 Å². The van der Waals surface area contributed by atoms with Gasteiger partial charge in [-0.3, -0.25) is 0 Å². The number of hydrogen-bond acceptors (Lipinski definition) is 6. The van der Waals surface area contributed by atoms with Gasteiger partial charge in [-0.05, 0) is 0 Å². The van der Waals surface area contributed by atoms with E-state index in [0.29, 0.717) is 13.2 Å². The molecule has 0 spiro atoms. The molecule has 6 heteroatoms. The summed E-state index contributed by atoms with van der Waals surface area (Å²) in [5.74, 6) is 0.879. The average Bonchev–Trinajstić information content (AvgIpc) is 2.65. The second-order valence-electron chi connectivity index (χ2n) is 5.25. The van der Waals surface area contributed by atoms with E-state index in [4.69, 9.17) is 10.5 Å².